The van der Waals surface area contributed by atoms with E-state index in [1.807, 2.05) is 36.1 Å². The predicted octanol–water partition coefficient (Wildman–Crippen LogP) is 1.91. The van der Waals surface area contributed by atoms with Crippen molar-refractivity contribution in [3.8, 4) is 5.75 Å². The fraction of sp³-hybridized carbons (Fsp3) is 0.533. The van der Waals surface area contributed by atoms with Crippen molar-refractivity contribution >= 4 is 5.91 Å². The van der Waals surface area contributed by atoms with E-state index in [4.69, 9.17) is 4.74 Å². The number of carbonyl (C=O) groups excluding carboxylic acids is 1. The number of amides is 1. The standard InChI is InChI=1S/C15H22N2O2/c1-3-8-19-14-7-5-6-12(9-14)15(18)17(4-2)13-10-16-11-13/h5-7,9,13,16H,3-4,8,10-11H2,1-2H3. The van der Waals surface area contributed by atoms with Gasteiger partial charge in [0.1, 0.15) is 5.75 Å². The van der Waals surface area contributed by atoms with E-state index in [1.165, 1.54) is 0 Å². The molecule has 0 saturated carbocycles. The lowest BCUT2D eigenvalue weighted by Crippen LogP contribution is -2.58. The zero-order chi connectivity index (χ0) is 13.7. The molecule has 1 fully saturated rings. The van der Waals surface area contributed by atoms with E-state index < -0.39 is 0 Å². The van der Waals surface area contributed by atoms with E-state index in [1.54, 1.807) is 0 Å². The average molecular weight is 262 g/mol. The van der Waals surface area contributed by atoms with Gasteiger partial charge in [-0.1, -0.05) is 13.0 Å². The van der Waals surface area contributed by atoms with Crippen LogP contribution in [0, 0.1) is 0 Å². The Balaban J connectivity index is 2.08. The Morgan fingerprint density at radius 2 is 2.21 bits per heavy atom. The summed E-state index contributed by atoms with van der Waals surface area (Å²) in [4.78, 5) is 14.4. The van der Waals surface area contributed by atoms with Crippen molar-refractivity contribution in [3.63, 3.8) is 0 Å². The van der Waals surface area contributed by atoms with E-state index in [2.05, 4.69) is 12.2 Å². The van der Waals surface area contributed by atoms with Gasteiger partial charge in [0.05, 0.1) is 12.6 Å². The Morgan fingerprint density at radius 1 is 1.42 bits per heavy atom. The van der Waals surface area contributed by atoms with Gasteiger partial charge in [-0.2, -0.15) is 0 Å². The maximum absolute atomic E-state index is 12.5. The van der Waals surface area contributed by atoms with Gasteiger partial charge in [0.15, 0.2) is 0 Å². The molecule has 1 N–H and O–H groups in total. The molecule has 1 aromatic rings. The van der Waals surface area contributed by atoms with Crippen LogP contribution in [0.4, 0.5) is 0 Å². The van der Waals surface area contributed by atoms with Gasteiger partial charge < -0.3 is 15.0 Å². The van der Waals surface area contributed by atoms with Crippen molar-refractivity contribution < 1.29 is 9.53 Å². The van der Waals surface area contributed by atoms with E-state index >= 15 is 0 Å². The van der Waals surface area contributed by atoms with Crippen LogP contribution in [0.25, 0.3) is 0 Å². The van der Waals surface area contributed by atoms with Crippen LogP contribution in [0.5, 0.6) is 5.75 Å². The minimum Gasteiger partial charge on any atom is -0.494 e. The fourth-order valence-corrected chi connectivity index (χ4v) is 2.17. The molecule has 4 nitrogen and oxygen atoms in total. The summed E-state index contributed by atoms with van der Waals surface area (Å²) >= 11 is 0. The zero-order valence-electron chi connectivity index (χ0n) is 11.7. The van der Waals surface area contributed by atoms with Crippen LogP contribution in [0.15, 0.2) is 24.3 Å². The molecule has 0 bridgehead atoms. The summed E-state index contributed by atoms with van der Waals surface area (Å²) < 4.78 is 5.58. The van der Waals surface area contributed by atoms with Crippen molar-refractivity contribution in [1.29, 1.82) is 0 Å². The quantitative estimate of drug-likeness (QED) is 0.851. The summed E-state index contributed by atoms with van der Waals surface area (Å²) in [6.07, 6.45) is 0.965. The van der Waals surface area contributed by atoms with E-state index in [9.17, 15) is 4.79 Å². The van der Waals surface area contributed by atoms with Crippen LogP contribution >= 0.6 is 0 Å². The van der Waals surface area contributed by atoms with E-state index in [0.717, 1.165) is 31.8 Å². The Hall–Kier alpha value is -1.55. The van der Waals surface area contributed by atoms with Crippen LogP contribution in [0.3, 0.4) is 0 Å². The number of nitrogens with one attached hydrogen (secondary N) is 1. The molecule has 4 heteroatoms. The van der Waals surface area contributed by atoms with E-state index in [0.29, 0.717) is 18.2 Å². The minimum absolute atomic E-state index is 0.0935. The molecule has 1 aromatic carbocycles. The zero-order valence-corrected chi connectivity index (χ0v) is 11.7. The summed E-state index contributed by atoms with van der Waals surface area (Å²) in [7, 11) is 0. The van der Waals surface area contributed by atoms with Crippen LogP contribution in [0.2, 0.25) is 0 Å². The van der Waals surface area contributed by atoms with Gasteiger partial charge in [0.2, 0.25) is 0 Å². The van der Waals surface area contributed by atoms with Crippen molar-refractivity contribution in [2.75, 3.05) is 26.2 Å². The maximum atomic E-state index is 12.5. The molecule has 0 spiro atoms. The second-order valence-electron chi connectivity index (χ2n) is 4.78. The van der Waals surface area contributed by atoms with Crippen molar-refractivity contribution in [1.82, 2.24) is 10.2 Å². The van der Waals surface area contributed by atoms with Crippen molar-refractivity contribution in [3.05, 3.63) is 29.8 Å². The first-order chi connectivity index (χ1) is 9.26. The van der Waals surface area contributed by atoms with Crippen molar-refractivity contribution in [2.45, 2.75) is 26.3 Å². The highest BCUT2D eigenvalue weighted by molar-refractivity contribution is 5.94. The first-order valence-electron chi connectivity index (χ1n) is 7.00. The normalized spacial score (nSPS) is 14.8. The molecule has 104 valence electrons. The third kappa shape index (κ3) is 3.26. The molecule has 0 aromatic heterocycles. The Morgan fingerprint density at radius 3 is 2.79 bits per heavy atom. The Bertz CT molecular complexity index is 430. The lowest BCUT2D eigenvalue weighted by molar-refractivity contribution is 0.0630. The number of hydrogen-bond donors (Lipinski definition) is 1. The largest absolute Gasteiger partial charge is 0.494 e. The number of carbonyl (C=O) groups is 1. The smallest absolute Gasteiger partial charge is 0.254 e. The molecule has 2 rings (SSSR count). The van der Waals surface area contributed by atoms with Gasteiger partial charge in [0.25, 0.3) is 5.91 Å². The van der Waals surface area contributed by atoms with Crippen LogP contribution in [-0.2, 0) is 0 Å². The van der Waals surface area contributed by atoms with Gasteiger partial charge in [-0.05, 0) is 31.5 Å². The number of benzene rings is 1. The molecule has 1 aliphatic rings. The molecule has 1 heterocycles. The third-order valence-corrected chi connectivity index (χ3v) is 3.36. The lowest BCUT2D eigenvalue weighted by Gasteiger charge is -2.37. The summed E-state index contributed by atoms with van der Waals surface area (Å²) in [6.45, 7) is 7.30. The highest BCUT2D eigenvalue weighted by Gasteiger charge is 2.27. The topological polar surface area (TPSA) is 41.6 Å². The fourth-order valence-electron chi connectivity index (χ4n) is 2.17. The second kappa shape index (κ2) is 6.57. The van der Waals surface area contributed by atoms with Crippen LogP contribution < -0.4 is 10.1 Å². The van der Waals surface area contributed by atoms with Gasteiger partial charge in [0, 0.05) is 25.2 Å². The first kappa shape index (κ1) is 13.9. The van der Waals surface area contributed by atoms with Gasteiger partial charge in [-0.15, -0.1) is 0 Å². The van der Waals surface area contributed by atoms with Gasteiger partial charge >= 0.3 is 0 Å². The molecule has 1 saturated heterocycles. The van der Waals surface area contributed by atoms with Gasteiger partial charge in [-0.3, -0.25) is 4.79 Å². The Labute approximate surface area is 114 Å². The number of likely N-dealkylation sites (N-methyl/N-ethyl adjacent to an activating group) is 1. The average Bonchev–Trinajstić information content (AvgIpc) is 2.39. The summed E-state index contributed by atoms with van der Waals surface area (Å²) in [5.74, 6) is 0.867. The lowest BCUT2D eigenvalue weighted by atomic mass is 10.1. The number of nitrogens with zero attached hydrogens (tertiary/aromatic N) is 1. The summed E-state index contributed by atoms with van der Waals surface area (Å²) in [6, 6.07) is 7.80. The Kier molecular flexibility index (Phi) is 4.80. The number of hydrogen-bond acceptors (Lipinski definition) is 3. The SMILES string of the molecule is CCCOc1cccc(C(=O)N(CC)C2CNC2)c1. The second-order valence-corrected chi connectivity index (χ2v) is 4.78. The molecule has 0 radical (unpaired) electrons. The maximum Gasteiger partial charge on any atom is 0.254 e. The van der Waals surface area contributed by atoms with Crippen LogP contribution in [-0.4, -0.2) is 43.1 Å². The molecule has 19 heavy (non-hydrogen) atoms. The summed E-state index contributed by atoms with van der Waals surface area (Å²) in [5.41, 5.74) is 0.711. The first-order valence-corrected chi connectivity index (χ1v) is 7.00. The highest BCUT2D eigenvalue weighted by atomic mass is 16.5. The highest BCUT2D eigenvalue weighted by Crippen LogP contribution is 2.17. The van der Waals surface area contributed by atoms with Crippen LogP contribution in [0.1, 0.15) is 30.6 Å². The van der Waals surface area contributed by atoms with Gasteiger partial charge in [-0.25, -0.2) is 0 Å². The predicted molar refractivity (Wildman–Crippen MR) is 75.6 cm³/mol. The number of rotatable bonds is 6. The third-order valence-electron chi connectivity index (χ3n) is 3.36. The molecule has 0 aliphatic carbocycles. The van der Waals surface area contributed by atoms with Crippen molar-refractivity contribution in [2.24, 2.45) is 0 Å². The molecule has 0 unspecified atom stereocenters. The molecule has 1 amide bonds. The minimum atomic E-state index is 0.0935. The molecule has 0 atom stereocenters. The molecule has 1 aliphatic heterocycles. The molecular weight excluding hydrogens is 240 g/mol. The van der Waals surface area contributed by atoms with E-state index in [-0.39, 0.29) is 5.91 Å². The monoisotopic (exact) mass is 262 g/mol. The summed E-state index contributed by atoms with van der Waals surface area (Å²) in [5, 5.41) is 3.20. The molecular formula is C15H22N2O2. The number of ether oxygens (including phenoxy) is 1.